The van der Waals surface area contributed by atoms with Gasteiger partial charge in [-0.1, -0.05) is 0 Å². The molecular formula is C7H8BrF2N3. The summed E-state index contributed by atoms with van der Waals surface area (Å²) in [6.07, 6.45) is -1.44. The molecule has 13 heavy (non-hydrogen) atoms. The van der Waals surface area contributed by atoms with Gasteiger partial charge in [0.2, 0.25) is 0 Å². The van der Waals surface area contributed by atoms with E-state index in [4.69, 9.17) is 11.5 Å². The highest BCUT2D eigenvalue weighted by atomic mass is 79.9. The Morgan fingerprint density at radius 3 is 2.54 bits per heavy atom. The van der Waals surface area contributed by atoms with Crippen molar-refractivity contribution >= 4 is 21.6 Å². The molecule has 1 heterocycles. The van der Waals surface area contributed by atoms with Gasteiger partial charge in [-0.05, 0) is 15.9 Å². The van der Waals surface area contributed by atoms with E-state index in [2.05, 4.69) is 20.9 Å². The number of aromatic nitrogens is 1. The highest BCUT2D eigenvalue weighted by Gasteiger charge is 2.18. The third-order valence-electron chi connectivity index (χ3n) is 1.62. The summed E-state index contributed by atoms with van der Waals surface area (Å²) in [5, 5.41) is 0. The lowest BCUT2D eigenvalue weighted by atomic mass is 10.1. The smallest absolute Gasteiger partial charge is 0.266 e. The van der Waals surface area contributed by atoms with Crippen LogP contribution in [0, 0.1) is 0 Å². The van der Waals surface area contributed by atoms with E-state index in [1.54, 1.807) is 0 Å². The summed E-state index contributed by atoms with van der Waals surface area (Å²) in [6, 6.07) is 0. The van der Waals surface area contributed by atoms with Gasteiger partial charge in [0, 0.05) is 17.7 Å². The fraction of sp³-hybridized carbons (Fsp3) is 0.286. The van der Waals surface area contributed by atoms with E-state index >= 15 is 0 Å². The molecule has 6 heteroatoms. The molecule has 0 aromatic carbocycles. The molecule has 0 fully saturated rings. The van der Waals surface area contributed by atoms with E-state index in [0.717, 1.165) is 0 Å². The summed E-state index contributed by atoms with van der Waals surface area (Å²) < 4.78 is 25.3. The van der Waals surface area contributed by atoms with Crippen LogP contribution in [0.15, 0.2) is 10.8 Å². The van der Waals surface area contributed by atoms with Crippen LogP contribution in [0.2, 0.25) is 0 Å². The van der Waals surface area contributed by atoms with Gasteiger partial charge in [0.25, 0.3) is 6.43 Å². The highest BCUT2D eigenvalue weighted by molar-refractivity contribution is 9.10. The second kappa shape index (κ2) is 3.97. The first-order valence-corrected chi connectivity index (χ1v) is 4.28. The Balaban J connectivity index is 3.35. The summed E-state index contributed by atoms with van der Waals surface area (Å²) in [4.78, 5) is 3.77. The number of nitrogen functional groups attached to an aromatic ring is 1. The van der Waals surface area contributed by atoms with Crippen molar-refractivity contribution in [3.63, 3.8) is 0 Å². The number of hydrogen-bond acceptors (Lipinski definition) is 3. The van der Waals surface area contributed by atoms with Crippen LogP contribution >= 0.6 is 15.9 Å². The second-order valence-electron chi connectivity index (χ2n) is 2.40. The third-order valence-corrected chi connectivity index (χ3v) is 2.31. The Morgan fingerprint density at radius 1 is 1.54 bits per heavy atom. The average Bonchev–Trinajstić information content (AvgIpc) is 2.07. The van der Waals surface area contributed by atoms with Crippen molar-refractivity contribution in [2.45, 2.75) is 13.0 Å². The Kier molecular flexibility index (Phi) is 3.16. The summed E-state index contributed by atoms with van der Waals surface area (Å²) in [7, 11) is 0. The number of rotatable bonds is 2. The molecule has 1 aromatic heterocycles. The minimum absolute atomic E-state index is 0.0156. The lowest BCUT2D eigenvalue weighted by Gasteiger charge is -2.10. The van der Waals surface area contributed by atoms with Gasteiger partial charge < -0.3 is 11.5 Å². The first-order chi connectivity index (χ1) is 6.07. The molecule has 0 aliphatic carbocycles. The van der Waals surface area contributed by atoms with Crippen LogP contribution in [0.3, 0.4) is 0 Å². The van der Waals surface area contributed by atoms with Gasteiger partial charge in [-0.15, -0.1) is 0 Å². The summed E-state index contributed by atoms with van der Waals surface area (Å²) in [6.45, 7) is -0.0156. The summed E-state index contributed by atoms with van der Waals surface area (Å²) >= 11 is 3.03. The van der Waals surface area contributed by atoms with Gasteiger partial charge in [-0.2, -0.15) is 0 Å². The summed E-state index contributed by atoms with van der Waals surface area (Å²) in [5.74, 6) is 0. The molecule has 0 saturated carbocycles. The Morgan fingerprint density at radius 2 is 2.15 bits per heavy atom. The molecular weight excluding hydrogens is 244 g/mol. The SMILES string of the molecule is NCc1c(Br)ncc(N)c1C(F)F. The number of nitrogens with zero attached hydrogens (tertiary/aromatic N) is 1. The van der Waals surface area contributed by atoms with Crippen molar-refractivity contribution in [3.8, 4) is 0 Å². The quantitative estimate of drug-likeness (QED) is 0.789. The van der Waals surface area contributed by atoms with Crippen LogP contribution in [0.25, 0.3) is 0 Å². The van der Waals surface area contributed by atoms with Gasteiger partial charge in [-0.25, -0.2) is 13.8 Å². The molecule has 0 radical (unpaired) electrons. The van der Waals surface area contributed by atoms with Crippen LogP contribution < -0.4 is 11.5 Å². The van der Waals surface area contributed by atoms with Crippen LogP contribution in [-0.2, 0) is 6.54 Å². The standard InChI is InChI=1S/C7H8BrF2N3/c8-6-3(1-11)5(7(9)10)4(12)2-13-6/h2,7H,1,11-12H2. The highest BCUT2D eigenvalue weighted by Crippen LogP contribution is 2.31. The van der Waals surface area contributed by atoms with Gasteiger partial charge >= 0.3 is 0 Å². The van der Waals surface area contributed by atoms with Crippen molar-refractivity contribution in [1.82, 2.24) is 4.98 Å². The zero-order chi connectivity index (χ0) is 10.0. The monoisotopic (exact) mass is 251 g/mol. The van der Waals surface area contributed by atoms with Crippen molar-refractivity contribution in [3.05, 3.63) is 21.9 Å². The Hall–Kier alpha value is -0.750. The van der Waals surface area contributed by atoms with Crippen LogP contribution in [0.1, 0.15) is 17.6 Å². The fourth-order valence-electron chi connectivity index (χ4n) is 1.01. The summed E-state index contributed by atoms with van der Waals surface area (Å²) in [5.41, 5.74) is 10.6. The molecule has 1 aromatic rings. The van der Waals surface area contributed by atoms with Gasteiger partial charge in [0.1, 0.15) is 4.60 Å². The van der Waals surface area contributed by atoms with Crippen LogP contribution in [-0.4, -0.2) is 4.98 Å². The average molecular weight is 252 g/mol. The van der Waals surface area contributed by atoms with E-state index < -0.39 is 6.43 Å². The normalized spacial score (nSPS) is 10.8. The number of halogens is 3. The molecule has 0 aliphatic heterocycles. The van der Waals surface area contributed by atoms with E-state index in [0.29, 0.717) is 4.60 Å². The molecule has 3 nitrogen and oxygen atoms in total. The maximum absolute atomic E-state index is 12.5. The van der Waals surface area contributed by atoms with Crippen LogP contribution in [0.5, 0.6) is 0 Å². The maximum Gasteiger partial charge on any atom is 0.266 e. The van der Waals surface area contributed by atoms with E-state index in [9.17, 15) is 8.78 Å². The maximum atomic E-state index is 12.5. The number of anilines is 1. The Bertz CT molecular complexity index is 317. The molecule has 0 saturated heterocycles. The molecule has 4 N–H and O–H groups in total. The van der Waals surface area contributed by atoms with Crippen molar-refractivity contribution in [2.75, 3.05) is 5.73 Å². The fourth-order valence-corrected chi connectivity index (χ4v) is 1.49. The van der Waals surface area contributed by atoms with Crippen molar-refractivity contribution < 1.29 is 8.78 Å². The van der Waals surface area contributed by atoms with Crippen molar-refractivity contribution in [1.29, 1.82) is 0 Å². The third kappa shape index (κ3) is 1.94. The predicted octanol–water partition coefficient (Wildman–Crippen LogP) is 1.82. The molecule has 0 spiro atoms. The molecule has 0 unspecified atom stereocenters. The largest absolute Gasteiger partial charge is 0.397 e. The number of alkyl halides is 2. The number of nitrogens with two attached hydrogens (primary N) is 2. The number of hydrogen-bond donors (Lipinski definition) is 2. The minimum Gasteiger partial charge on any atom is -0.397 e. The Labute approximate surface area is 82.3 Å². The van der Waals surface area contributed by atoms with E-state index in [1.807, 2.05) is 0 Å². The molecule has 1 rings (SSSR count). The topological polar surface area (TPSA) is 64.9 Å². The van der Waals surface area contributed by atoms with Gasteiger partial charge in [0.15, 0.2) is 0 Å². The molecule has 0 bridgehead atoms. The number of pyridine rings is 1. The second-order valence-corrected chi connectivity index (χ2v) is 3.15. The first-order valence-electron chi connectivity index (χ1n) is 3.49. The van der Waals surface area contributed by atoms with Crippen molar-refractivity contribution in [2.24, 2.45) is 5.73 Å². The lowest BCUT2D eigenvalue weighted by molar-refractivity contribution is 0.151. The molecule has 0 aliphatic rings. The molecule has 0 atom stereocenters. The van der Waals surface area contributed by atoms with E-state index in [1.165, 1.54) is 6.20 Å². The molecule has 0 amide bonds. The lowest BCUT2D eigenvalue weighted by Crippen LogP contribution is -2.07. The first kappa shape index (κ1) is 10.3. The van der Waals surface area contributed by atoms with Gasteiger partial charge in [-0.3, -0.25) is 0 Å². The van der Waals surface area contributed by atoms with E-state index in [-0.39, 0.29) is 23.4 Å². The predicted molar refractivity (Wildman–Crippen MR) is 49.2 cm³/mol. The zero-order valence-electron chi connectivity index (χ0n) is 6.60. The van der Waals surface area contributed by atoms with Gasteiger partial charge in [0.05, 0.1) is 11.9 Å². The zero-order valence-corrected chi connectivity index (χ0v) is 8.18. The minimum atomic E-state index is -2.63. The molecule has 72 valence electrons. The van der Waals surface area contributed by atoms with Crippen LogP contribution in [0.4, 0.5) is 14.5 Å².